The first kappa shape index (κ1) is 21.2. The summed E-state index contributed by atoms with van der Waals surface area (Å²) < 4.78 is 0. The highest BCUT2D eigenvalue weighted by atomic mass is 16.2. The lowest BCUT2D eigenvalue weighted by atomic mass is 10.1. The molecule has 0 aromatic heterocycles. The van der Waals surface area contributed by atoms with Crippen LogP contribution in [0.4, 0.5) is 5.69 Å². The first-order chi connectivity index (χ1) is 11.7. The summed E-state index contributed by atoms with van der Waals surface area (Å²) in [5, 5.41) is 0. The largest absolute Gasteiger partial charge is 0.398 e. The second-order valence-electron chi connectivity index (χ2n) is 4.25. The summed E-state index contributed by atoms with van der Waals surface area (Å²) in [5.41, 5.74) is 11.9. The summed E-state index contributed by atoms with van der Waals surface area (Å²) in [4.78, 5) is 23.5. The average Bonchev–Trinajstić information content (AvgIpc) is 2.64. The molecule has 0 saturated heterocycles. The summed E-state index contributed by atoms with van der Waals surface area (Å²) in [6, 6.07) is 15.9. The van der Waals surface area contributed by atoms with Gasteiger partial charge in [-0.15, -0.1) is 0 Å². The summed E-state index contributed by atoms with van der Waals surface area (Å²) >= 11 is 0. The van der Waals surface area contributed by atoms with Crippen molar-refractivity contribution in [1.82, 2.24) is 10.9 Å². The zero-order valence-electron chi connectivity index (χ0n) is 14.8. The van der Waals surface area contributed by atoms with Gasteiger partial charge in [-0.1, -0.05) is 70.2 Å². The number of nitrogens with two attached hydrogens (primary N) is 1. The highest BCUT2D eigenvalue weighted by molar-refractivity contribution is 5.99. The Morgan fingerprint density at radius 1 is 0.833 bits per heavy atom. The van der Waals surface area contributed by atoms with E-state index in [0.29, 0.717) is 11.3 Å². The van der Waals surface area contributed by atoms with E-state index >= 15 is 0 Å². The Morgan fingerprint density at radius 3 is 1.96 bits per heavy atom. The Morgan fingerprint density at radius 2 is 1.38 bits per heavy atom. The molecule has 0 aliphatic heterocycles. The molecule has 0 atom stereocenters. The van der Waals surface area contributed by atoms with Crippen molar-refractivity contribution in [2.45, 2.75) is 34.1 Å². The number of nitrogens with one attached hydrogen (secondary N) is 2. The zero-order valence-corrected chi connectivity index (χ0v) is 14.8. The van der Waals surface area contributed by atoms with Gasteiger partial charge in [0.1, 0.15) is 0 Å². The van der Waals surface area contributed by atoms with Gasteiger partial charge < -0.3 is 5.73 Å². The summed E-state index contributed by atoms with van der Waals surface area (Å²) in [6.45, 7) is 8.00. The third-order valence-corrected chi connectivity index (χ3v) is 2.73. The third kappa shape index (κ3) is 7.45. The van der Waals surface area contributed by atoms with Gasteiger partial charge in [0.15, 0.2) is 0 Å². The molecule has 0 heterocycles. The Bertz CT molecular complexity index is 613. The monoisotopic (exact) mass is 329 g/mol. The van der Waals surface area contributed by atoms with E-state index in [9.17, 15) is 9.59 Å². The van der Waals surface area contributed by atoms with E-state index in [4.69, 9.17) is 5.73 Å². The smallest absolute Gasteiger partial charge is 0.271 e. The highest BCUT2D eigenvalue weighted by Crippen LogP contribution is 2.09. The summed E-state index contributed by atoms with van der Waals surface area (Å²) in [6.07, 6.45) is 0.200. The lowest BCUT2D eigenvalue weighted by Crippen LogP contribution is -2.42. The van der Waals surface area contributed by atoms with Crippen LogP contribution in [0.2, 0.25) is 0 Å². The van der Waals surface area contributed by atoms with Gasteiger partial charge in [-0.25, -0.2) is 0 Å². The Labute approximate surface area is 144 Å². The number of hydrogen-bond acceptors (Lipinski definition) is 3. The van der Waals surface area contributed by atoms with Crippen LogP contribution in [-0.2, 0) is 11.2 Å². The molecule has 0 unspecified atom stereocenters. The van der Waals surface area contributed by atoms with Gasteiger partial charge in [-0.3, -0.25) is 20.4 Å². The molecule has 4 N–H and O–H groups in total. The molecule has 0 saturated carbocycles. The van der Waals surface area contributed by atoms with Crippen LogP contribution in [0.25, 0.3) is 0 Å². The molecule has 0 aliphatic carbocycles. The molecule has 2 aromatic carbocycles. The van der Waals surface area contributed by atoms with Crippen LogP contribution in [0.3, 0.4) is 0 Å². The number of rotatable bonds is 3. The van der Waals surface area contributed by atoms with Gasteiger partial charge in [0.25, 0.3) is 5.91 Å². The number of nitrogen functional groups attached to an aromatic ring is 1. The molecular weight excluding hydrogens is 302 g/mol. The molecule has 2 amide bonds. The van der Waals surface area contributed by atoms with Crippen molar-refractivity contribution in [3.8, 4) is 0 Å². The molecule has 2 rings (SSSR count). The average molecular weight is 329 g/mol. The molecule has 0 aliphatic rings. The normalized spacial score (nSPS) is 8.67. The SMILES string of the molecule is CC.CC.Nc1ccccc1C(=O)NNC(=O)Cc1ccccc1. The number of carbonyl (C=O) groups excluding carboxylic acids is 2. The highest BCUT2D eigenvalue weighted by Gasteiger charge is 2.10. The lowest BCUT2D eigenvalue weighted by molar-refractivity contribution is -0.121. The molecule has 2 aromatic rings. The van der Waals surface area contributed by atoms with Gasteiger partial charge in [-0.2, -0.15) is 0 Å². The molecule has 5 heteroatoms. The predicted octanol–water partition coefficient (Wildman–Crippen LogP) is 3.32. The van der Waals surface area contributed by atoms with Crippen LogP contribution < -0.4 is 16.6 Å². The number of amides is 2. The van der Waals surface area contributed by atoms with Crippen LogP contribution >= 0.6 is 0 Å². The molecule has 0 spiro atoms. The van der Waals surface area contributed by atoms with Crippen molar-refractivity contribution in [1.29, 1.82) is 0 Å². The minimum atomic E-state index is -0.440. The molecule has 0 fully saturated rings. The summed E-state index contributed by atoms with van der Waals surface area (Å²) in [7, 11) is 0. The maximum atomic E-state index is 11.8. The van der Waals surface area contributed by atoms with Gasteiger partial charge in [0.05, 0.1) is 12.0 Å². The Balaban J connectivity index is 0.00000123. The molecule has 5 nitrogen and oxygen atoms in total. The van der Waals surface area contributed by atoms with Crippen LogP contribution in [0.15, 0.2) is 54.6 Å². The minimum Gasteiger partial charge on any atom is -0.398 e. The quantitative estimate of drug-likeness (QED) is 0.596. The van der Waals surface area contributed by atoms with E-state index in [0.717, 1.165) is 5.56 Å². The molecule has 130 valence electrons. The maximum Gasteiger partial charge on any atom is 0.271 e. The van der Waals surface area contributed by atoms with Gasteiger partial charge in [0.2, 0.25) is 5.91 Å². The van der Waals surface area contributed by atoms with Gasteiger partial charge >= 0.3 is 0 Å². The van der Waals surface area contributed by atoms with E-state index in [1.165, 1.54) is 0 Å². The molecule has 24 heavy (non-hydrogen) atoms. The van der Waals surface area contributed by atoms with E-state index < -0.39 is 5.91 Å². The van der Waals surface area contributed by atoms with Crippen LogP contribution in [0.5, 0.6) is 0 Å². The maximum absolute atomic E-state index is 11.8. The number of anilines is 1. The fourth-order valence-corrected chi connectivity index (χ4v) is 1.72. The second kappa shape index (κ2) is 12.7. The van der Waals surface area contributed by atoms with Crippen LogP contribution in [0.1, 0.15) is 43.6 Å². The van der Waals surface area contributed by atoms with Crippen molar-refractivity contribution in [2.75, 3.05) is 5.73 Å². The van der Waals surface area contributed by atoms with Crippen LogP contribution in [0, 0.1) is 0 Å². The first-order valence-electron chi connectivity index (χ1n) is 8.14. The van der Waals surface area contributed by atoms with E-state index in [2.05, 4.69) is 10.9 Å². The third-order valence-electron chi connectivity index (χ3n) is 2.73. The Hall–Kier alpha value is -2.82. The number of para-hydroxylation sites is 1. The standard InChI is InChI=1S/C15H15N3O2.2C2H6/c16-13-9-5-4-8-12(13)15(20)18-17-14(19)10-11-6-2-1-3-7-11;2*1-2/h1-9H,10,16H2,(H,17,19)(H,18,20);2*1-2H3. The number of hydrogen-bond donors (Lipinski definition) is 3. The van der Waals surface area contributed by atoms with Crippen molar-refractivity contribution >= 4 is 17.5 Å². The lowest BCUT2D eigenvalue weighted by Gasteiger charge is -2.08. The van der Waals surface area contributed by atoms with E-state index in [1.807, 2.05) is 58.0 Å². The number of benzene rings is 2. The fraction of sp³-hybridized carbons (Fsp3) is 0.263. The van der Waals surface area contributed by atoms with E-state index in [1.54, 1.807) is 24.3 Å². The first-order valence-corrected chi connectivity index (χ1v) is 8.14. The fourth-order valence-electron chi connectivity index (χ4n) is 1.72. The van der Waals surface area contributed by atoms with E-state index in [-0.39, 0.29) is 12.3 Å². The number of carbonyl (C=O) groups is 2. The van der Waals surface area contributed by atoms with Crippen molar-refractivity contribution in [3.05, 3.63) is 65.7 Å². The minimum absolute atomic E-state index is 0.200. The predicted molar refractivity (Wildman–Crippen MR) is 99.3 cm³/mol. The topological polar surface area (TPSA) is 84.2 Å². The van der Waals surface area contributed by atoms with Crippen molar-refractivity contribution in [2.24, 2.45) is 0 Å². The molecular formula is C19H27N3O2. The zero-order chi connectivity index (χ0) is 18.4. The van der Waals surface area contributed by atoms with Crippen LogP contribution in [-0.4, -0.2) is 11.8 Å². The molecule has 0 radical (unpaired) electrons. The van der Waals surface area contributed by atoms with Crippen molar-refractivity contribution in [3.63, 3.8) is 0 Å². The number of hydrazine groups is 1. The second-order valence-corrected chi connectivity index (χ2v) is 4.25. The Kier molecular flexibility index (Phi) is 11.2. The molecule has 0 bridgehead atoms. The van der Waals surface area contributed by atoms with Crippen molar-refractivity contribution < 1.29 is 9.59 Å². The van der Waals surface area contributed by atoms with Gasteiger partial charge in [-0.05, 0) is 17.7 Å². The van der Waals surface area contributed by atoms with Gasteiger partial charge in [0, 0.05) is 5.69 Å². The summed E-state index contributed by atoms with van der Waals surface area (Å²) in [5.74, 6) is -0.733.